The van der Waals surface area contributed by atoms with E-state index in [0.717, 1.165) is 28.3 Å². The number of carbonyl (C=O) groups excluding carboxylic acids is 1. The number of hydrogen-bond donors (Lipinski definition) is 2. The standard InChI is InChI=1S/C15H17NO2S2/c17-8-2-5-12-4-1-6-13(10-12)16-14(18)11-20-15-7-3-9-19-15/h1,3-4,6-7,9-10,17H,2,5,8,11H2,(H,16,18). The summed E-state index contributed by atoms with van der Waals surface area (Å²) < 4.78 is 1.15. The molecule has 5 heteroatoms. The Morgan fingerprint density at radius 1 is 1.30 bits per heavy atom. The maximum atomic E-state index is 11.9. The first kappa shape index (κ1) is 15.1. The molecule has 0 saturated carbocycles. The van der Waals surface area contributed by atoms with Gasteiger partial charge in [-0.05, 0) is 42.0 Å². The lowest BCUT2D eigenvalue weighted by Gasteiger charge is -2.07. The molecule has 2 N–H and O–H groups in total. The number of aliphatic hydroxyl groups is 1. The van der Waals surface area contributed by atoms with Crippen LogP contribution in [0.5, 0.6) is 0 Å². The minimum atomic E-state index is 0.00251. The van der Waals surface area contributed by atoms with Gasteiger partial charge in [-0.25, -0.2) is 0 Å². The van der Waals surface area contributed by atoms with Gasteiger partial charge >= 0.3 is 0 Å². The molecule has 3 nitrogen and oxygen atoms in total. The molecule has 0 fully saturated rings. The number of aliphatic hydroxyl groups excluding tert-OH is 1. The van der Waals surface area contributed by atoms with Crippen molar-refractivity contribution in [3.05, 3.63) is 47.3 Å². The third-order valence-corrected chi connectivity index (χ3v) is 4.81. The summed E-state index contributed by atoms with van der Waals surface area (Å²) in [5.41, 5.74) is 1.94. The quantitative estimate of drug-likeness (QED) is 0.771. The second-order valence-corrected chi connectivity index (χ2v) is 6.52. The number of rotatable bonds is 7. The molecule has 0 atom stereocenters. The molecule has 0 spiro atoms. The van der Waals surface area contributed by atoms with E-state index in [1.165, 1.54) is 0 Å². The Kier molecular flexibility index (Phi) is 6.11. The van der Waals surface area contributed by atoms with Crippen LogP contribution in [0.15, 0.2) is 46.0 Å². The lowest BCUT2D eigenvalue weighted by atomic mass is 10.1. The Balaban J connectivity index is 1.84. The van der Waals surface area contributed by atoms with E-state index in [1.807, 2.05) is 41.8 Å². The molecule has 0 aliphatic carbocycles. The zero-order valence-electron chi connectivity index (χ0n) is 11.0. The van der Waals surface area contributed by atoms with Crippen LogP contribution in [0.3, 0.4) is 0 Å². The lowest BCUT2D eigenvalue weighted by molar-refractivity contribution is -0.113. The Morgan fingerprint density at radius 3 is 2.95 bits per heavy atom. The zero-order valence-corrected chi connectivity index (χ0v) is 12.7. The van der Waals surface area contributed by atoms with Crippen LogP contribution in [-0.2, 0) is 11.2 Å². The van der Waals surface area contributed by atoms with Crippen LogP contribution in [0, 0.1) is 0 Å². The number of thioether (sulfide) groups is 1. The highest BCUT2D eigenvalue weighted by Crippen LogP contribution is 2.23. The summed E-state index contributed by atoms with van der Waals surface area (Å²) in [7, 11) is 0. The summed E-state index contributed by atoms with van der Waals surface area (Å²) in [5, 5.41) is 13.7. The van der Waals surface area contributed by atoms with Gasteiger partial charge in [0.1, 0.15) is 0 Å². The largest absolute Gasteiger partial charge is 0.396 e. The highest BCUT2D eigenvalue weighted by atomic mass is 32.2. The molecule has 106 valence electrons. The van der Waals surface area contributed by atoms with Crippen LogP contribution < -0.4 is 5.32 Å². The zero-order chi connectivity index (χ0) is 14.2. The number of aryl methyl sites for hydroxylation is 1. The third kappa shape index (κ3) is 5.00. The molecule has 0 saturated heterocycles. The molecule has 1 amide bonds. The first-order valence-corrected chi connectivity index (χ1v) is 8.30. The average Bonchev–Trinajstić information content (AvgIpc) is 2.97. The van der Waals surface area contributed by atoms with E-state index in [9.17, 15) is 4.79 Å². The van der Waals surface area contributed by atoms with E-state index in [2.05, 4.69) is 5.32 Å². The molecule has 0 bridgehead atoms. The molecule has 0 unspecified atom stereocenters. The smallest absolute Gasteiger partial charge is 0.234 e. The molecule has 1 heterocycles. The highest BCUT2D eigenvalue weighted by molar-refractivity contribution is 8.01. The predicted molar refractivity (Wildman–Crippen MR) is 85.5 cm³/mol. The van der Waals surface area contributed by atoms with Crippen molar-refractivity contribution in [2.75, 3.05) is 17.7 Å². The molecular formula is C15H17NO2S2. The number of anilines is 1. The van der Waals surface area contributed by atoms with Crippen molar-refractivity contribution in [1.29, 1.82) is 0 Å². The van der Waals surface area contributed by atoms with Gasteiger partial charge in [0.05, 0.1) is 9.96 Å². The Hall–Kier alpha value is -1.30. The molecule has 2 aromatic rings. The number of hydrogen-bond acceptors (Lipinski definition) is 4. The van der Waals surface area contributed by atoms with Crippen LogP contribution in [0.2, 0.25) is 0 Å². The van der Waals surface area contributed by atoms with Gasteiger partial charge in [-0.15, -0.1) is 23.1 Å². The summed E-state index contributed by atoms with van der Waals surface area (Å²) in [4.78, 5) is 11.9. The molecule has 1 aromatic heterocycles. The van der Waals surface area contributed by atoms with E-state index >= 15 is 0 Å². The van der Waals surface area contributed by atoms with Gasteiger partial charge in [0.2, 0.25) is 5.91 Å². The minimum Gasteiger partial charge on any atom is -0.396 e. The molecule has 1 aromatic carbocycles. The maximum absolute atomic E-state index is 11.9. The summed E-state index contributed by atoms with van der Waals surface area (Å²) in [5.74, 6) is 0.421. The van der Waals surface area contributed by atoms with E-state index in [-0.39, 0.29) is 12.5 Å². The first-order chi connectivity index (χ1) is 9.78. The Bertz CT molecular complexity index is 541. The molecule has 20 heavy (non-hydrogen) atoms. The van der Waals surface area contributed by atoms with Crippen molar-refractivity contribution in [3.8, 4) is 0 Å². The summed E-state index contributed by atoms with van der Waals surface area (Å²) in [6.07, 6.45) is 1.57. The van der Waals surface area contributed by atoms with Crippen LogP contribution in [0.25, 0.3) is 0 Å². The monoisotopic (exact) mass is 307 g/mol. The van der Waals surface area contributed by atoms with Gasteiger partial charge in [0, 0.05) is 12.3 Å². The molecule has 0 aliphatic rings. The number of benzene rings is 1. The number of thiophene rings is 1. The lowest BCUT2D eigenvalue weighted by Crippen LogP contribution is -2.13. The van der Waals surface area contributed by atoms with Gasteiger partial charge < -0.3 is 10.4 Å². The summed E-state index contributed by atoms with van der Waals surface area (Å²) in [6, 6.07) is 11.8. The van der Waals surface area contributed by atoms with Crippen LogP contribution in [0.1, 0.15) is 12.0 Å². The summed E-state index contributed by atoms with van der Waals surface area (Å²) in [6.45, 7) is 0.189. The second-order valence-electron chi connectivity index (χ2n) is 4.30. The number of nitrogens with one attached hydrogen (secondary N) is 1. The van der Waals surface area contributed by atoms with E-state index in [0.29, 0.717) is 5.75 Å². The number of amides is 1. The third-order valence-electron chi connectivity index (χ3n) is 2.67. The van der Waals surface area contributed by atoms with E-state index in [4.69, 9.17) is 5.11 Å². The fraction of sp³-hybridized carbons (Fsp3) is 0.267. The maximum Gasteiger partial charge on any atom is 0.234 e. The van der Waals surface area contributed by atoms with Gasteiger partial charge in [0.15, 0.2) is 0 Å². The predicted octanol–water partition coefficient (Wildman–Crippen LogP) is 3.40. The first-order valence-electron chi connectivity index (χ1n) is 6.44. The van der Waals surface area contributed by atoms with Gasteiger partial charge in [-0.3, -0.25) is 4.79 Å². The van der Waals surface area contributed by atoms with Gasteiger partial charge in [0.25, 0.3) is 0 Å². The normalized spacial score (nSPS) is 10.4. The molecule has 0 aliphatic heterocycles. The molecule has 0 radical (unpaired) electrons. The second kappa shape index (κ2) is 8.09. The topological polar surface area (TPSA) is 49.3 Å². The van der Waals surface area contributed by atoms with Crippen LogP contribution in [-0.4, -0.2) is 23.4 Å². The van der Waals surface area contributed by atoms with Crippen molar-refractivity contribution < 1.29 is 9.90 Å². The van der Waals surface area contributed by atoms with Crippen molar-refractivity contribution in [1.82, 2.24) is 0 Å². The summed E-state index contributed by atoms with van der Waals surface area (Å²) >= 11 is 3.19. The fourth-order valence-electron chi connectivity index (χ4n) is 1.77. The Labute approximate surface area is 127 Å². The van der Waals surface area contributed by atoms with Crippen molar-refractivity contribution in [2.24, 2.45) is 0 Å². The molecular weight excluding hydrogens is 290 g/mol. The van der Waals surface area contributed by atoms with Crippen molar-refractivity contribution in [2.45, 2.75) is 17.1 Å². The highest BCUT2D eigenvalue weighted by Gasteiger charge is 2.05. The van der Waals surface area contributed by atoms with Crippen LogP contribution in [0.4, 0.5) is 5.69 Å². The molecule has 2 rings (SSSR count). The fourth-order valence-corrected chi connectivity index (χ4v) is 3.35. The van der Waals surface area contributed by atoms with Crippen molar-refractivity contribution in [3.63, 3.8) is 0 Å². The van der Waals surface area contributed by atoms with Crippen molar-refractivity contribution >= 4 is 34.7 Å². The SMILES string of the molecule is O=C(CSc1cccs1)Nc1cccc(CCCO)c1. The van der Waals surface area contributed by atoms with Gasteiger partial charge in [-0.1, -0.05) is 18.2 Å². The average molecular weight is 307 g/mol. The van der Waals surface area contributed by atoms with Crippen LogP contribution >= 0.6 is 23.1 Å². The van der Waals surface area contributed by atoms with Gasteiger partial charge in [-0.2, -0.15) is 0 Å². The Morgan fingerprint density at radius 2 is 2.20 bits per heavy atom. The minimum absolute atomic E-state index is 0.00251. The number of carbonyl (C=O) groups is 1. The van der Waals surface area contributed by atoms with E-state index in [1.54, 1.807) is 23.1 Å². The van der Waals surface area contributed by atoms with E-state index < -0.39 is 0 Å².